The Bertz CT molecular complexity index is 942. The Kier molecular flexibility index (Phi) is 10.00. The molecule has 0 unspecified atom stereocenters. The summed E-state index contributed by atoms with van der Waals surface area (Å²) in [5.74, 6) is 0.758. The van der Waals surface area contributed by atoms with Gasteiger partial charge >= 0.3 is 0 Å². The van der Waals surface area contributed by atoms with E-state index in [1.807, 2.05) is 55.5 Å². The van der Waals surface area contributed by atoms with E-state index in [1.54, 1.807) is 4.90 Å². The summed E-state index contributed by atoms with van der Waals surface area (Å²) in [5, 5.41) is 3.21. The molecule has 0 radical (unpaired) electrons. The van der Waals surface area contributed by atoms with Gasteiger partial charge in [0.1, 0.15) is 11.8 Å². The molecule has 3 rings (SSSR count). The van der Waals surface area contributed by atoms with Gasteiger partial charge in [0, 0.05) is 12.6 Å². The van der Waals surface area contributed by atoms with E-state index in [1.165, 1.54) is 12.0 Å². The second-order valence-corrected chi connectivity index (χ2v) is 10.3. The van der Waals surface area contributed by atoms with E-state index in [9.17, 15) is 9.59 Å². The van der Waals surface area contributed by atoms with E-state index in [-0.39, 0.29) is 24.5 Å². The Morgan fingerprint density at radius 2 is 1.79 bits per heavy atom. The van der Waals surface area contributed by atoms with Crippen LogP contribution in [0.3, 0.4) is 0 Å². The predicted octanol–water partition coefficient (Wildman–Crippen LogP) is 6.21. The summed E-state index contributed by atoms with van der Waals surface area (Å²) in [5.41, 5.74) is 2.18. The third-order valence-electron chi connectivity index (χ3n) is 6.51. The van der Waals surface area contributed by atoms with Gasteiger partial charge in [-0.3, -0.25) is 9.59 Å². The van der Waals surface area contributed by atoms with Crippen LogP contribution in [0.2, 0.25) is 0 Å². The summed E-state index contributed by atoms with van der Waals surface area (Å²) in [7, 11) is 0. The molecule has 1 aliphatic rings. The molecule has 2 amide bonds. The minimum Gasteiger partial charge on any atom is -0.483 e. The number of hydrogen-bond donors (Lipinski definition) is 1. The maximum Gasteiger partial charge on any atom is 0.261 e. The number of rotatable bonds is 10. The number of benzene rings is 2. The number of carbonyl (C=O) groups is 2. The number of nitrogens with zero attached hydrogens (tertiary/aromatic N) is 1. The van der Waals surface area contributed by atoms with E-state index < -0.39 is 6.04 Å². The van der Waals surface area contributed by atoms with E-state index in [2.05, 4.69) is 35.1 Å². The fraction of sp³-hybridized carbons (Fsp3) is 0.500. The van der Waals surface area contributed by atoms with Crippen molar-refractivity contribution in [1.82, 2.24) is 10.2 Å². The lowest BCUT2D eigenvalue weighted by Crippen LogP contribution is -2.52. The Labute approximate surface area is 212 Å². The first-order chi connectivity index (χ1) is 16.4. The zero-order valence-electron chi connectivity index (χ0n) is 20.6. The quantitative estimate of drug-likeness (QED) is 0.398. The molecule has 1 atom stereocenters. The molecule has 34 heavy (non-hydrogen) atoms. The van der Waals surface area contributed by atoms with Crippen LogP contribution in [0.25, 0.3) is 0 Å². The van der Waals surface area contributed by atoms with Crippen molar-refractivity contribution in [2.24, 2.45) is 0 Å². The lowest BCUT2D eigenvalue weighted by atomic mass is 9.95. The van der Waals surface area contributed by atoms with Crippen molar-refractivity contribution in [3.8, 4) is 5.75 Å². The minimum atomic E-state index is -0.537. The molecule has 1 aliphatic carbocycles. The van der Waals surface area contributed by atoms with Crippen LogP contribution in [0.15, 0.2) is 53.0 Å². The van der Waals surface area contributed by atoms with Gasteiger partial charge in [0.2, 0.25) is 5.91 Å². The summed E-state index contributed by atoms with van der Waals surface area (Å²) in [6, 6.07) is 15.4. The van der Waals surface area contributed by atoms with Crippen LogP contribution in [0.5, 0.6) is 5.75 Å². The number of carbonyl (C=O) groups excluding carboxylic acids is 2. The number of halogens is 1. The van der Waals surface area contributed by atoms with Gasteiger partial charge in [-0.2, -0.15) is 0 Å². The van der Waals surface area contributed by atoms with Gasteiger partial charge in [0.05, 0.1) is 4.47 Å². The van der Waals surface area contributed by atoms with E-state index in [0.29, 0.717) is 24.6 Å². The summed E-state index contributed by atoms with van der Waals surface area (Å²) < 4.78 is 6.73. The second-order valence-electron chi connectivity index (χ2n) is 9.41. The average Bonchev–Trinajstić information content (AvgIpc) is 2.84. The fourth-order valence-electron chi connectivity index (χ4n) is 4.46. The highest BCUT2D eigenvalue weighted by atomic mass is 79.9. The lowest BCUT2D eigenvalue weighted by molar-refractivity contribution is -0.143. The summed E-state index contributed by atoms with van der Waals surface area (Å²) >= 11 is 3.56. The molecule has 1 fully saturated rings. The van der Waals surface area contributed by atoms with Crippen molar-refractivity contribution >= 4 is 27.7 Å². The maximum absolute atomic E-state index is 13.4. The zero-order chi connectivity index (χ0) is 24.5. The molecule has 0 saturated heterocycles. The van der Waals surface area contributed by atoms with Gasteiger partial charge in [0.25, 0.3) is 5.91 Å². The smallest absolute Gasteiger partial charge is 0.261 e. The highest BCUT2D eigenvalue weighted by Gasteiger charge is 2.30. The highest BCUT2D eigenvalue weighted by Crippen LogP contribution is 2.29. The van der Waals surface area contributed by atoms with Crippen LogP contribution >= 0.6 is 15.9 Å². The maximum atomic E-state index is 13.4. The van der Waals surface area contributed by atoms with E-state index in [0.717, 1.165) is 35.7 Å². The average molecular weight is 530 g/mol. The molecule has 1 saturated carbocycles. The Hall–Kier alpha value is -2.34. The Morgan fingerprint density at radius 3 is 2.41 bits per heavy atom. The lowest BCUT2D eigenvalue weighted by Gasteiger charge is -2.32. The van der Waals surface area contributed by atoms with Crippen molar-refractivity contribution in [3.63, 3.8) is 0 Å². The normalized spacial score (nSPS) is 15.1. The molecular formula is C28H37BrN2O3. The Morgan fingerprint density at radius 1 is 1.09 bits per heavy atom. The molecule has 2 aromatic rings. The first-order valence-electron chi connectivity index (χ1n) is 12.4. The largest absolute Gasteiger partial charge is 0.483 e. The van der Waals surface area contributed by atoms with Crippen LogP contribution in [0, 0.1) is 0 Å². The SMILES string of the molecule is CC[C@@H](C(=O)NC1CCCCC1)N(Cc1ccccc1)C(=O)COc1ccc(C(C)C)cc1Br. The predicted molar refractivity (Wildman–Crippen MR) is 140 cm³/mol. The fourth-order valence-corrected chi connectivity index (χ4v) is 4.97. The molecule has 184 valence electrons. The van der Waals surface area contributed by atoms with Crippen molar-refractivity contribution < 1.29 is 14.3 Å². The number of amides is 2. The van der Waals surface area contributed by atoms with Crippen molar-refractivity contribution in [1.29, 1.82) is 0 Å². The molecule has 2 aromatic carbocycles. The first kappa shape index (κ1) is 26.3. The molecule has 0 spiro atoms. The highest BCUT2D eigenvalue weighted by molar-refractivity contribution is 9.10. The first-order valence-corrected chi connectivity index (χ1v) is 13.2. The van der Waals surface area contributed by atoms with E-state index >= 15 is 0 Å². The van der Waals surface area contributed by atoms with Crippen LogP contribution in [0.4, 0.5) is 0 Å². The third-order valence-corrected chi connectivity index (χ3v) is 7.13. The third kappa shape index (κ3) is 7.33. The molecule has 5 nitrogen and oxygen atoms in total. The second kappa shape index (κ2) is 12.9. The summed E-state index contributed by atoms with van der Waals surface area (Å²) in [6.45, 7) is 6.47. The van der Waals surface area contributed by atoms with Gasteiger partial charge in [-0.05, 0) is 64.4 Å². The van der Waals surface area contributed by atoms with Gasteiger partial charge in [-0.1, -0.05) is 76.4 Å². The van der Waals surface area contributed by atoms with Gasteiger partial charge in [-0.25, -0.2) is 0 Å². The topological polar surface area (TPSA) is 58.6 Å². The molecular weight excluding hydrogens is 492 g/mol. The van der Waals surface area contributed by atoms with Gasteiger partial charge in [-0.15, -0.1) is 0 Å². The molecule has 6 heteroatoms. The van der Waals surface area contributed by atoms with E-state index in [4.69, 9.17) is 4.74 Å². The summed E-state index contributed by atoms with van der Waals surface area (Å²) in [4.78, 5) is 28.3. The van der Waals surface area contributed by atoms with Gasteiger partial charge < -0.3 is 15.0 Å². The number of ether oxygens (including phenoxy) is 1. The standard InChI is InChI=1S/C28H37BrN2O3/c1-4-25(28(33)30-23-13-9-6-10-14-23)31(18-21-11-7-5-8-12-21)27(32)19-34-26-16-15-22(20(2)3)17-24(26)29/h5,7-8,11-12,15-17,20,23,25H,4,6,9-10,13-14,18-19H2,1-3H3,(H,30,33)/t25-/m0/s1. The zero-order valence-corrected chi connectivity index (χ0v) is 22.1. The van der Waals surface area contributed by atoms with Crippen LogP contribution in [-0.4, -0.2) is 35.4 Å². The number of nitrogens with one attached hydrogen (secondary N) is 1. The molecule has 0 heterocycles. The van der Waals surface area contributed by atoms with Gasteiger partial charge in [0.15, 0.2) is 6.61 Å². The molecule has 1 N–H and O–H groups in total. The monoisotopic (exact) mass is 528 g/mol. The van der Waals surface area contributed by atoms with Crippen LogP contribution < -0.4 is 10.1 Å². The van der Waals surface area contributed by atoms with Crippen molar-refractivity contribution in [3.05, 3.63) is 64.1 Å². The molecule has 0 aromatic heterocycles. The molecule has 0 bridgehead atoms. The van der Waals surface area contributed by atoms with Crippen molar-refractivity contribution in [2.45, 2.75) is 83.8 Å². The molecule has 0 aliphatic heterocycles. The Balaban J connectivity index is 1.74. The van der Waals surface area contributed by atoms with Crippen molar-refractivity contribution in [2.75, 3.05) is 6.61 Å². The van der Waals surface area contributed by atoms with Crippen LogP contribution in [0.1, 0.15) is 76.3 Å². The minimum absolute atomic E-state index is 0.0684. The number of hydrogen-bond acceptors (Lipinski definition) is 3. The summed E-state index contributed by atoms with van der Waals surface area (Å²) in [6.07, 6.45) is 6.09. The van der Waals surface area contributed by atoms with Crippen LogP contribution in [-0.2, 0) is 16.1 Å².